The van der Waals surface area contributed by atoms with Crippen LogP contribution in [0.15, 0.2) is 39.9 Å². The summed E-state index contributed by atoms with van der Waals surface area (Å²) in [6.07, 6.45) is 0. The van der Waals surface area contributed by atoms with Gasteiger partial charge in [-0.1, -0.05) is 17.7 Å². The molecule has 2 aromatic rings. The van der Waals surface area contributed by atoms with E-state index in [4.69, 9.17) is 17.3 Å². The van der Waals surface area contributed by atoms with Crippen LogP contribution in [0.5, 0.6) is 0 Å². The van der Waals surface area contributed by atoms with Gasteiger partial charge in [-0.3, -0.25) is 9.36 Å². The number of benzene rings is 1. The molecule has 2 rings (SSSR count). The van der Waals surface area contributed by atoms with E-state index in [2.05, 4.69) is 0 Å². The highest BCUT2D eigenvalue weighted by Gasteiger charge is 2.08. The number of aromatic nitrogens is 2. The first-order valence-electron chi connectivity index (χ1n) is 4.85. The summed E-state index contributed by atoms with van der Waals surface area (Å²) in [5.74, 6) is 0.0837. The van der Waals surface area contributed by atoms with E-state index in [9.17, 15) is 9.59 Å². The van der Waals surface area contributed by atoms with Gasteiger partial charge in [-0.2, -0.15) is 0 Å². The Labute approximate surface area is 102 Å². The maximum Gasteiger partial charge on any atom is 0.336 e. The normalized spacial score (nSPS) is 10.5. The van der Waals surface area contributed by atoms with Crippen molar-refractivity contribution in [1.29, 1.82) is 0 Å². The SMILES string of the molecule is Cn1c(=O)cc(N)n(-c2cccc(Cl)c2)c1=O. The van der Waals surface area contributed by atoms with Crippen molar-refractivity contribution < 1.29 is 0 Å². The van der Waals surface area contributed by atoms with Crippen LogP contribution in [0.1, 0.15) is 0 Å². The average molecular weight is 252 g/mol. The molecule has 0 aliphatic rings. The number of nitrogens with zero attached hydrogens (tertiary/aromatic N) is 2. The molecule has 0 saturated carbocycles. The molecule has 0 aliphatic heterocycles. The molecule has 0 bridgehead atoms. The second-order valence-corrected chi connectivity index (χ2v) is 4.00. The lowest BCUT2D eigenvalue weighted by atomic mass is 10.3. The average Bonchev–Trinajstić information content (AvgIpc) is 2.26. The summed E-state index contributed by atoms with van der Waals surface area (Å²) in [7, 11) is 1.39. The zero-order chi connectivity index (χ0) is 12.6. The van der Waals surface area contributed by atoms with Crippen LogP contribution in [0.2, 0.25) is 5.02 Å². The van der Waals surface area contributed by atoms with Crippen molar-refractivity contribution in [2.75, 3.05) is 5.73 Å². The van der Waals surface area contributed by atoms with Crippen LogP contribution < -0.4 is 17.0 Å². The summed E-state index contributed by atoms with van der Waals surface area (Å²) >= 11 is 5.85. The van der Waals surface area contributed by atoms with Gasteiger partial charge in [0, 0.05) is 18.1 Å². The first-order chi connectivity index (χ1) is 8.00. The van der Waals surface area contributed by atoms with Crippen molar-refractivity contribution in [3.8, 4) is 5.69 Å². The summed E-state index contributed by atoms with van der Waals surface area (Å²) < 4.78 is 2.21. The number of hydrogen-bond acceptors (Lipinski definition) is 3. The largest absolute Gasteiger partial charge is 0.385 e. The van der Waals surface area contributed by atoms with E-state index in [0.717, 1.165) is 4.57 Å². The van der Waals surface area contributed by atoms with Gasteiger partial charge < -0.3 is 5.73 Å². The predicted octanol–water partition coefficient (Wildman–Crippen LogP) is 0.772. The van der Waals surface area contributed by atoms with Crippen molar-refractivity contribution in [1.82, 2.24) is 9.13 Å². The van der Waals surface area contributed by atoms with Gasteiger partial charge in [0.15, 0.2) is 0 Å². The van der Waals surface area contributed by atoms with Crippen molar-refractivity contribution in [2.24, 2.45) is 7.05 Å². The van der Waals surface area contributed by atoms with Gasteiger partial charge in [0.05, 0.1) is 5.69 Å². The number of nitrogen functional groups attached to an aromatic ring is 1. The standard InChI is InChI=1S/C11H10ClN3O2/c1-14-10(16)6-9(13)15(11(14)17)8-4-2-3-7(12)5-8/h2-6H,13H2,1H3. The number of nitrogens with two attached hydrogens (primary N) is 1. The number of halogens is 1. The van der Waals surface area contributed by atoms with Crippen molar-refractivity contribution in [3.63, 3.8) is 0 Å². The Hall–Kier alpha value is -2.01. The van der Waals surface area contributed by atoms with Gasteiger partial charge in [-0.15, -0.1) is 0 Å². The molecule has 0 saturated heterocycles. The van der Waals surface area contributed by atoms with Gasteiger partial charge in [0.2, 0.25) is 0 Å². The lowest BCUT2D eigenvalue weighted by molar-refractivity contribution is 0.735. The summed E-state index contributed by atoms with van der Waals surface area (Å²) in [4.78, 5) is 23.3. The van der Waals surface area contributed by atoms with Crippen molar-refractivity contribution >= 4 is 17.4 Å². The van der Waals surface area contributed by atoms with Crippen LogP contribution in [-0.2, 0) is 7.05 Å². The number of rotatable bonds is 1. The molecular weight excluding hydrogens is 242 g/mol. The van der Waals surface area contributed by atoms with Gasteiger partial charge in [0.25, 0.3) is 5.56 Å². The lowest BCUT2D eigenvalue weighted by Gasteiger charge is -2.10. The molecule has 17 heavy (non-hydrogen) atoms. The van der Waals surface area contributed by atoms with Gasteiger partial charge in [0.1, 0.15) is 5.82 Å². The maximum absolute atomic E-state index is 11.9. The molecule has 0 aliphatic carbocycles. The molecule has 0 amide bonds. The van der Waals surface area contributed by atoms with Crippen molar-refractivity contribution in [3.05, 3.63) is 56.2 Å². The third-order valence-corrected chi connectivity index (χ3v) is 2.64. The highest BCUT2D eigenvalue weighted by molar-refractivity contribution is 6.30. The molecule has 5 nitrogen and oxygen atoms in total. The van der Waals surface area contributed by atoms with Crippen LogP contribution in [0.4, 0.5) is 5.82 Å². The van der Waals surface area contributed by atoms with E-state index >= 15 is 0 Å². The van der Waals surface area contributed by atoms with E-state index in [1.165, 1.54) is 17.7 Å². The molecule has 2 N–H and O–H groups in total. The molecular formula is C11H10ClN3O2. The predicted molar refractivity (Wildman–Crippen MR) is 66.7 cm³/mol. The first kappa shape index (κ1) is 11.5. The molecule has 0 spiro atoms. The number of anilines is 1. The van der Waals surface area contributed by atoms with Crippen LogP contribution >= 0.6 is 11.6 Å². The van der Waals surface area contributed by atoms with E-state index in [1.807, 2.05) is 0 Å². The smallest absolute Gasteiger partial charge is 0.336 e. The molecule has 88 valence electrons. The molecule has 0 fully saturated rings. The van der Waals surface area contributed by atoms with E-state index in [1.54, 1.807) is 24.3 Å². The maximum atomic E-state index is 11.9. The summed E-state index contributed by atoms with van der Waals surface area (Å²) in [6.45, 7) is 0. The van der Waals surface area contributed by atoms with E-state index in [0.29, 0.717) is 10.7 Å². The summed E-state index contributed by atoms with van der Waals surface area (Å²) in [5, 5.41) is 0.489. The number of hydrogen-bond donors (Lipinski definition) is 1. The highest BCUT2D eigenvalue weighted by Crippen LogP contribution is 2.14. The Morgan fingerprint density at radius 1 is 1.24 bits per heavy atom. The second-order valence-electron chi connectivity index (χ2n) is 3.56. The Balaban J connectivity index is 2.81. The molecule has 1 heterocycles. The highest BCUT2D eigenvalue weighted by atomic mass is 35.5. The summed E-state index contributed by atoms with van der Waals surface area (Å²) in [6, 6.07) is 7.88. The molecule has 6 heteroatoms. The summed E-state index contributed by atoms with van der Waals surface area (Å²) in [5.41, 5.74) is 5.26. The Morgan fingerprint density at radius 2 is 1.94 bits per heavy atom. The minimum absolute atomic E-state index is 0.0837. The van der Waals surface area contributed by atoms with Crippen LogP contribution in [0, 0.1) is 0 Å². The fourth-order valence-electron chi connectivity index (χ4n) is 1.52. The first-order valence-corrected chi connectivity index (χ1v) is 5.23. The monoisotopic (exact) mass is 251 g/mol. The van der Waals surface area contributed by atoms with Crippen molar-refractivity contribution in [2.45, 2.75) is 0 Å². The van der Waals surface area contributed by atoms with Crippen LogP contribution in [-0.4, -0.2) is 9.13 Å². The second kappa shape index (κ2) is 4.10. The third kappa shape index (κ3) is 1.97. The minimum Gasteiger partial charge on any atom is -0.385 e. The van der Waals surface area contributed by atoms with Gasteiger partial charge >= 0.3 is 5.69 Å². The van der Waals surface area contributed by atoms with Crippen LogP contribution in [0.3, 0.4) is 0 Å². The van der Waals surface area contributed by atoms with Gasteiger partial charge in [-0.05, 0) is 18.2 Å². The molecule has 0 radical (unpaired) electrons. The van der Waals surface area contributed by atoms with Crippen LogP contribution in [0.25, 0.3) is 5.69 Å². The van der Waals surface area contributed by atoms with E-state index in [-0.39, 0.29) is 5.82 Å². The molecule has 0 unspecified atom stereocenters. The molecule has 1 aromatic carbocycles. The fourth-order valence-corrected chi connectivity index (χ4v) is 1.70. The Bertz CT molecular complexity index is 688. The molecule has 0 atom stereocenters. The Kier molecular flexibility index (Phi) is 2.77. The quantitative estimate of drug-likeness (QED) is 0.814. The fraction of sp³-hybridized carbons (Fsp3) is 0.0909. The Morgan fingerprint density at radius 3 is 2.59 bits per heavy atom. The van der Waals surface area contributed by atoms with Gasteiger partial charge in [-0.25, -0.2) is 9.36 Å². The molecule has 1 aromatic heterocycles. The topological polar surface area (TPSA) is 70.0 Å². The minimum atomic E-state index is -0.503. The zero-order valence-corrected chi connectivity index (χ0v) is 9.81. The zero-order valence-electron chi connectivity index (χ0n) is 9.05. The third-order valence-electron chi connectivity index (χ3n) is 2.40. The van der Waals surface area contributed by atoms with E-state index < -0.39 is 11.2 Å². The lowest BCUT2D eigenvalue weighted by Crippen LogP contribution is -2.37.